The third-order valence-corrected chi connectivity index (χ3v) is 0.738. The van der Waals surface area contributed by atoms with Gasteiger partial charge in [0, 0.05) is 6.21 Å². The predicted molar refractivity (Wildman–Crippen MR) is 33.4 cm³/mol. The highest BCUT2D eigenvalue weighted by atomic mass is 16.5. The second kappa shape index (κ2) is 4.03. The first-order chi connectivity index (χ1) is 4.22. The zero-order chi connectivity index (χ0) is 7.28. The Morgan fingerprint density at radius 3 is 2.89 bits per heavy atom. The Hall–Kier alpha value is -0.900. The van der Waals surface area contributed by atoms with Crippen LogP contribution in [0.2, 0.25) is 0 Å². The molecule has 4 nitrogen and oxygen atoms in total. The van der Waals surface area contributed by atoms with Gasteiger partial charge in [-0.15, -0.1) is 0 Å². The molecule has 52 valence electrons. The Balaban J connectivity index is 3.58. The van der Waals surface area contributed by atoms with Crippen molar-refractivity contribution < 1.29 is 9.53 Å². The second-order valence-corrected chi connectivity index (χ2v) is 1.44. The maximum atomic E-state index is 10.5. The van der Waals surface area contributed by atoms with Crippen molar-refractivity contribution in [3.63, 3.8) is 0 Å². The number of carbonyl (C=O) groups is 1. The molecule has 0 spiro atoms. The van der Waals surface area contributed by atoms with E-state index in [1.807, 2.05) is 0 Å². The summed E-state index contributed by atoms with van der Waals surface area (Å²) in [6, 6.07) is -0.898. The van der Waals surface area contributed by atoms with E-state index in [2.05, 4.69) is 4.74 Å². The largest absolute Gasteiger partial charge is 0.465 e. The minimum absolute atomic E-state index is 0.306. The summed E-state index contributed by atoms with van der Waals surface area (Å²) < 4.78 is 4.48. The summed E-state index contributed by atoms with van der Waals surface area (Å²) in [6.45, 7) is 1.99. The highest BCUT2D eigenvalue weighted by molar-refractivity contribution is 5.92. The SMILES string of the molecule is CCOC(=O)C(N)C=N. The Labute approximate surface area is 53.5 Å². The van der Waals surface area contributed by atoms with Crippen LogP contribution < -0.4 is 5.73 Å². The molecule has 0 aromatic heterocycles. The van der Waals surface area contributed by atoms with Gasteiger partial charge in [0.25, 0.3) is 0 Å². The molecule has 0 aliphatic carbocycles. The summed E-state index contributed by atoms with van der Waals surface area (Å²) in [4.78, 5) is 10.5. The van der Waals surface area contributed by atoms with Crippen molar-refractivity contribution in [1.29, 1.82) is 5.41 Å². The van der Waals surface area contributed by atoms with Gasteiger partial charge in [-0.25, -0.2) is 4.79 Å². The predicted octanol–water partition coefficient (Wildman–Crippen LogP) is -0.474. The van der Waals surface area contributed by atoms with Crippen molar-refractivity contribution in [3.05, 3.63) is 0 Å². The van der Waals surface area contributed by atoms with E-state index in [1.54, 1.807) is 6.92 Å². The lowest BCUT2D eigenvalue weighted by Crippen LogP contribution is -2.33. The van der Waals surface area contributed by atoms with E-state index in [4.69, 9.17) is 11.1 Å². The van der Waals surface area contributed by atoms with Crippen LogP contribution in [0, 0.1) is 5.41 Å². The van der Waals surface area contributed by atoms with Crippen LogP contribution in [0.25, 0.3) is 0 Å². The van der Waals surface area contributed by atoms with Gasteiger partial charge in [-0.3, -0.25) is 0 Å². The summed E-state index contributed by atoms with van der Waals surface area (Å²) in [6.07, 6.45) is 0.845. The van der Waals surface area contributed by atoms with Crippen molar-refractivity contribution in [2.24, 2.45) is 5.73 Å². The fourth-order valence-corrected chi connectivity index (χ4v) is 0.307. The third kappa shape index (κ3) is 2.81. The standard InChI is InChI=1S/C5H10N2O2/c1-2-9-5(8)4(7)3-6/h3-4,6H,2,7H2,1H3. The molecule has 0 heterocycles. The molecule has 1 unspecified atom stereocenters. The van der Waals surface area contributed by atoms with Crippen molar-refractivity contribution in [1.82, 2.24) is 0 Å². The first-order valence-corrected chi connectivity index (χ1v) is 2.65. The second-order valence-electron chi connectivity index (χ2n) is 1.44. The van der Waals surface area contributed by atoms with E-state index in [9.17, 15) is 4.79 Å². The lowest BCUT2D eigenvalue weighted by Gasteiger charge is -2.02. The topological polar surface area (TPSA) is 76.2 Å². The van der Waals surface area contributed by atoms with Crippen molar-refractivity contribution in [2.45, 2.75) is 13.0 Å². The lowest BCUT2D eigenvalue weighted by molar-refractivity contribution is -0.142. The van der Waals surface area contributed by atoms with E-state index < -0.39 is 12.0 Å². The average molecular weight is 130 g/mol. The lowest BCUT2D eigenvalue weighted by atomic mass is 10.3. The fraction of sp³-hybridized carbons (Fsp3) is 0.600. The molecule has 0 bridgehead atoms. The molecule has 0 fully saturated rings. The van der Waals surface area contributed by atoms with Crippen LogP contribution in [0.4, 0.5) is 0 Å². The minimum atomic E-state index is -0.898. The van der Waals surface area contributed by atoms with Gasteiger partial charge >= 0.3 is 5.97 Å². The van der Waals surface area contributed by atoms with Gasteiger partial charge in [0.1, 0.15) is 6.04 Å². The zero-order valence-electron chi connectivity index (χ0n) is 5.26. The molecule has 0 aliphatic heterocycles. The molecule has 0 rings (SSSR count). The van der Waals surface area contributed by atoms with Crippen molar-refractivity contribution in [2.75, 3.05) is 6.61 Å². The third-order valence-electron chi connectivity index (χ3n) is 0.738. The number of rotatable bonds is 3. The Bertz CT molecular complexity index is 114. The first-order valence-electron chi connectivity index (χ1n) is 2.65. The van der Waals surface area contributed by atoms with E-state index in [0.29, 0.717) is 6.61 Å². The van der Waals surface area contributed by atoms with Gasteiger partial charge < -0.3 is 15.9 Å². The molecule has 1 atom stereocenters. The van der Waals surface area contributed by atoms with Crippen molar-refractivity contribution in [3.8, 4) is 0 Å². The number of nitrogens with two attached hydrogens (primary N) is 1. The van der Waals surface area contributed by atoms with E-state index >= 15 is 0 Å². The molecule has 0 aromatic carbocycles. The zero-order valence-corrected chi connectivity index (χ0v) is 5.26. The van der Waals surface area contributed by atoms with Crippen LogP contribution in [0.5, 0.6) is 0 Å². The quantitative estimate of drug-likeness (QED) is 0.400. The maximum absolute atomic E-state index is 10.5. The van der Waals surface area contributed by atoms with Crippen LogP contribution in [0.15, 0.2) is 0 Å². The highest BCUT2D eigenvalue weighted by Gasteiger charge is 2.09. The number of esters is 1. The smallest absolute Gasteiger partial charge is 0.328 e. The highest BCUT2D eigenvalue weighted by Crippen LogP contribution is 1.79. The van der Waals surface area contributed by atoms with Crippen LogP contribution in [0.3, 0.4) is 0 Å². The molecule has 0 saturated carbocycles. The van der Waals surface area contributed by atoms with Crippen LogP contribution in [0.1, 0.15) is 6.92 Å². The molecular weight excluding hydrogens is 120 g/mol. The molecule has 0 saturated heterocycles. The molecule has 0 aromatic rings. The van der Waals surface area contributed by atoms with Crippen LogP contribution in [-0.2, 0) is 9.53 Å². The normalized spacial score (nSPS) is 12.2. The maximum Gasteiger partial charge on any atom is 0.328 e. The van der Waals surface area contributed by atoms with Gasteiger partial charge in [-0.05, 0) is 6.92 Å². The Kier molecular flexibility index (Phi) is 3.62. The summed E-state index contributed by atoms with van der Waals surface area (Å²) >= 11 is 0. The number of hydrogen-bond acceptors (Lipinski definition) is 4. The molecule has 4 heteroatoms. The fourth-order valence-electron chi connectivity index (χ4n) is 0.307. The Morgan fingerprint density at radius 1 is 2.00 bits per heavy atom. The summed E-state index contributed by atoms with van der Waals surface area (Å²) in [5, 5.41) is 6.57. The van der Waals surface area contributed by atoms with Crippen LogP contribution in [-0.4, -0.2) is 24.8 Å². The van der Waals surface area contributed by atoms with E-state index in [0.717, 1.165) is 6.21 Å². The summed E-state index contributed by atoms with van der Waals surface area (Å²) in [7, 11) is 0. The monoisotopic (exact) mass is 130 g/mol. The number of ether oxygens (including phenoxy) is 1. The van der Waals surface area contributed by atoms with Gasteiger partial charge in [0.2, 0.25) is 0 Å². The number of nitrogens with one attached hydrogen (secondary N) is 1. The summed E-state index contributed by atoms with van der Waals surface area (Å²) in [5.74, 6) is -0.549. The molecule has 9 heavy (non-hydrogen) atoms. The Morgan fingerprint density at radius 2 is 2.56 bits per heavy atom. The van der Waals surface area contributed by atoms with Gasteiger partial charge in [-0.2, -0.15) is 0 Å². The van der Waals surface area contributed by atoms with Gasteiger partial charge in [0.15, 0.2) is 0 Å². The molecule has 0 aliphatic rings. The summed E-state index contributed by atoms with van der Waals surface area (Å²) in [5.41, 5.74) is 5.08. The number of carbonyl (C=O) groups excluding carboxylic acids is 1. The molecular formula is C5H10N2O2. The molecule has 0 radical (unpaired) electrons. The average Bonchev–Trinajstić information content (AvgIpc) is 1.87. The number of hydrogen-bond donors (Lipinski definition) is 2. The van der Waals surface area contributed by atoms with Crippen molar-refractivity contribution >= 4 is 12.2 Å². The van der Waals surface area contributed by atoms with Gasteiger partial charge in [-0.1, -0.05) is 0 Å². The van der Waals surface area contributed by atoms with E-state index in [-0.39, 0.29) is 0 Å². The van der Waals surface area contributed by atoms with Crippen LogP contribution >= 0.6 is 0 Å². The minimum Gasteiger partial charge on any atom is -0.465 e. The first kappa shape index (κ1) is 8.10. The van der Waals surface area contributed by atoms with Gasteiger partial charge in [0.05, 0.1) is 6.61 Å². The molecule has 0 amide bonds. The molecule has 3 N–H and O–H groups in total. The van der Waals surface area contributed by atoms with E-state index in [1.165, 1.54) is 0 Å².